The van der Waals surface area contributed by atoms with Crippen LogP contribution in [0.4, 0.5) is 5.82 Å². The fourth-order valence-corrected chi connectivity index (χ4v) is 4.94. The van der Waals surface area contributed by atoms with Crippen LogP contribution in [0.5, 0.6) is 0 Å². The van der Waals surface area contributed by atoms with Crippen LogP contribution in [0.2, 0.25) is 0 Å². The third kappa shape index (κ3) is 2.25. The fraction of sp³-hybridized carbons (Fsp3) is 0.750. The lowest BCUT2D eigenvalue weighted by molar-refractivity contribution is 0.136. The molecule has 1 saturated carbocycles. The second-order valence-electron chi connectivity index (χ2n) is 5.60. The Morgan fingerprint density at radius 3 is 2.68 bits per heavy atom. The molecule has 2 heterocycles. The smallest absolute Gasteiger partial charge is 0.248 e. The van der Waals surface area contributed by atoms with Crippen molar-refractivity contribution in [1.82, 2.24) is 14.5 Å². The summed E-state index contributed by atoms with van der Waals surface area (Å²) in [5, 5.41) is 6.20. The number of aromatic amines is 1. The Morgan fingerprint density at radius 1 is 1.26 bits per heavy atom. The van der Waals surface area contributed by atoms with E-state index in [1.807, 2.05) is 0 Å². The summed E-state index contributed by atoms with van der Waals surface area (Å²) in [6.07, 6.45) is 7.20. The number of nitrogen functional groups attached to an aromatic ring is 1. The number of nitrogens with one attached hydrogen (secondary N) is 1. The first-order valence-electron chi connectivity index (χ1n) is 6.88. The van der Waals surface area contributed by atoms with Crippen LogP contribution in [-0.2, 0) is 10.0 Å². The number of hydrogen-bond acceptors (Lipinski definition) is 4. The minimum absolute atomic E-state index is 0.113. The van der Waals surface area contributed by atoms with Crippen LogP contribution < -0.4 is 5.73 Å². The number of aromatic nitrogens is 2. The van der Waals surface area contributed by atoms with E-state index < -0.39 is 10.0 Å². The molecule has 19 heavy (non-hydrogen) atoms. The largest absolute Gasteiger partial charge is 0.383 e. The molecule has 2 atom stereocenters. The number of nitrogens with two attached hydrogens (primary N) is 1. The fourth-order valence-electron chi connectivity index (χ4n) is 3.42. The highest BCUT2D eigenvalue weighted by Crippen LogP contribution is 2.37. The maximum absolute atomic E-state index is 12.5. The summed E-state index contributed by atoms with van der Waals surface area (Å²) < 4.78 is 26.6. The average molecular weight is 284 g/mol. The van der Waals surface area contributed by atoms with E-state index in [4.69, 9.17) is 5.73 Å². The van der Waals surface area contributed by atoms with Gasteiger partial charge in [0.25, 0.3) is 0 Å². The lowest BCUT2D eigenvalue weighted by Gasteiger charge is -2.40. The van der Waals surface area contributed by atoms with Gasteiger partial charge >= 0.3 is 0 Å². The molecule has 2 fully saturated rings. The summed E-state index contributed by atoms with van der Waals surface area (Å²) in [5.74, 6) is 1.36. The number of sulfonamides is 1. The summed E-state index contributed by atoms with van der Waals surface area (Å²) in [6, 6.07) is 0. The van der Waals surface area contributed by atoms with Crippen LogP contribution in [0.15, 0.2) is 11.1 Å². The highest BCUT2D eigenvalue weighted by Gasteiger charge is 2.37. The molecule has 6 nitrogen and oxygen atoms in total. The zero-order chi connectivity index (χ0) is 13.5. The molecule has 3 rings (SSSR count). The quantitative estimate of drug-likeness (QED) is 0.853. The van der Waals surface area contributed by atoms with Crippen LogP contribution in [0.25, 0.3) is 0 Å². The molecule has 7 heteroatoms. The van der Waals surface area contributed by atoms with Crippen LogP contribution in [0.3, 0.4) is 0 Å². The van der Waals surface area contributed by atoms with Crippen LogP contribution in [0.1, 0.15) is 32.1 Å². The molecule has 0 aromatic carbocycles. The maximum Gasteiger partial charge on any atom is 0.248 e. The van der Waals surface area contributed by atoms with E-state index in [2.05, 4.69) is 10.2 Å². The van der Waals surface area contributed by atoms with Crippen molar-refractivity contribution in [3.05, 3.63) is 6.20 Å². The highest BCUT2D eigenvalue weighted by atomic mass is 32.2. The van der Waals surface area contributed by atoms with E-state index in [1.54, 1.807) is 4.31 Å². The number of hydrogen-bond donors (Lipinski definition) is 2. The Balaban J connectivity index is 1.81. The minimum Gasteiger partial charge on any atom is -0.383 e. The van der Waals surface area contributed by atoms with Crippen molar-refractivity contribution in [2.45, 2.75) is 37.0 Å². The number of rotatable bonds is 2. The molecule has 1 aliphatic heterocycles. The number of anilines is 1. The van der Waals surface area contributed by atoms with Crippen molar-refractivity contribution in [2.75, 3.05) is 18.8 Å². The van der Waals surface area contributed by atoms with Gasteiger partial charge in [-0.3, -0.25) is 5.10 Å². The van der Waals surface area contributed by atoms with Gasteiger partial charge in [-0.05, 0) is 24.7 Å². The number of H-pyrrole nitrogens is 1. The van der Waals surface area contributed by atoms with Gasteiger partial charge in [0.05, 0.1) is 6.20 Å². The van der Waals surface area contributed by atoms with Gasteiger partial charge in [-0.25, -0.2) is 8.42 Å². The number of fused-ring (bicyclic) bond motifs is 1. The predicted molar refractivity (Wildman–Crippen MR) is 71.8 cm³/mol. The van der Waals surface area contributed by atoms with Gasteiger partial charge in [-0.2, -0.15) is 9.40 Å². The molecular weight excluding hydrogens is 264 g/mol. The molecule has 3 N–H and O–H groups in total. The Kier molecular flexibility index (Phi) is 3.26. The molecule has 1 aliphatic carbocycles. The predicted octanol–water partition coefficient (Wildman–Crippen LogP) is 1.19. The molecular formula is C12H20N4O2S. The summed E-state index contributed by atoms with van der Waals surface area (Å²) in [4.78, 5) is 0.113. The molecule has 0 radical (unpaired) electrons. The maximum atomic E-state index is 12.5. The summed E-state index contributed by atoms with van der Waals surface area (Å²) >= 11 is 0. The second-order valence-corrected chi connectivity index (χ2v) is 7.51. The van der Waals surface area contributed by atoms with Gasteiger partial charge in [0.1, 0.15) is 10.7 Å². The normalized spacial score (nSPS) is 29.1. The molecule has 2 aliphatic rings. The second kappa shape index (κ2) is 4.79. The lowest BCUT2D eigenvalue weighted by atomic mass is 9.76. The molecule has 1 aromatic rings. The van der Waals surface area contributed by atoms with E-state index in [-0.39, 0.29) is 10.7 Å². The lowest BCUT2D eigenvalue weighted by Crippen LogP contribution is -2.44. The molecule has 0 amide bonds. The van der Waals surface area contributed by atoms with Crippen molar-refractivity contribution in [2.24, 2.45) is 11.8 Å². The molecule has 0 spiro atoms. The zero-order valence-electron chi connectivity index (χ0n) is 10.9. The van der Waals surface area contributed by atoms with E-state index in [9.17, 15) is 8.42 Å². The van der Waals surface area contributed by atoms with Crippen molar-refractivity contribution in [3.8, 4) is 0 Å². The van der Waals surface area contributed by atoms with Crippen LogP contribution in [-0.4, -0.2) is 36.0 Å². The molecule has 0 bridgehead atoms. The Bertz CT molecular complexity index is 554. The first kappa shape index (κ1) is 12.9. The Morgan fingerprint density at radius 2 is 2.00 bits per heavy atom. The van der Waals surface area contributed by atoms with Crippen LogP contribution in [0, 0.1) is 11.8 Å². The van der Waals surface area contributed by atoms with E-state index in [1.165, 1.54) is 25.5 Å². The molecule has 2 unspecified atom stereocenters. The average Bonchev–Trinajstić information content (AvgIpc) is 2.85. The van der Waals surface area contributed by atoms with E-state index in [0.717, 1.165) is 12.8 Å². The first-order valence-corrected chi connectivity index (χ1v) is 8.32. The minimum atomic E-state index is -3.49. The summed E-state index contributed by atoms with van der Waals surface area (Å²) in [5.41, 5.74) is 5.64. The van der Waals surface area contributed by atoms with Gasteiger partial charge < -0.3 is 5.73 Å². The van der Waals surface area contributed by atoms with Gasteiger partial charge in [0.2, 0.25) is 10.0 Å². The third-order valence-electron chi connectivity index (χ3n) is 4.50. The van der Waals surface area contributed by atoms with Crippen molar-refractivity contribution in [1.29, 1.82) is 0 Å². The molecule has 106 valence electrons. The van der Waals surface area contributed by atoms with Gasteiger partial charge in [0, 0.05) is 13.1 Å². The van der Waals surface area contributed by atoms with Gasteiger partial charge in [-0.1, -0.05) is 19.3 Å². The van der Waals surface area contributed by atoms with E-state index in [0.29, 0.717) is 24.9 Å². The van der Waals surface area contributed by atoms with E-state index >= 15 is 0 Å². The first-order chi connectivity index (χ1) is 9.09. The number of piperidine rings is 1. The topological polar surface area (TPSA) is 92.1 Å². The van der Waals surface area contributed by atoms with Crippen molar-refractivity contribution < 1.29 is 8.42 Å². The Labute approximate surface area is 113 Å². The van der Waals surface area contributed by atoms with Crippen molar-refractivity contribution in [3.63, 3.8) is 0 Å². The standard InChI is InChI=1S/C12H20N4O2S/c13-12-11(7-14-15-12)19(17,18)16-6-5-9-3-1-2-4-10(9)8-16/h7,9-10H,1-6,8H2,(H3,13,14,15). The molecule has 1 saturated heterocycles. The summed E-state index contributed by atoms with van der Waals surface area (Å²) in [7, 11) is -3.49. The van der Waals surface area contributed by atoms with Gasteiger partial charge in [-0.15, -0.1) is 0 Å². The Hall–Kier alpha value is -1.08. The van der Waals surface area contributed by atoms with Crippen LogP contribution >= 0.6 is 0 Å². The number of nitrogens with zero attached hydrogens (tertiary/aromatic N) is 2. The SMILES string of the molecule is Nc1[nH]ncc1S(=O)(=O)N1CCC2CCCCC2C1. The third-order valence-corrected chi connectivity index (χ3v) is 6.40. The monoisotopic (exact) mass is 284 g/mol. The zero-order valence-corrected chi connectivity index (χ0v) is 11.7. The molecule has 1 aromatic heterocycles. The van der Waals surface area contributed by atoms with Gasteiger partial charge in [0.15, 0.2) is 0 Å². The van der Waals surface area contributed by atoms with Crippen molar-refractivity contribution >= 4 is 15.8 Å². The summed E-state index contributed by atoms with van der Waals surface area (Å²) in [6.45, 7) is 1.24. The highest BCUT2D eigenvalue weighted by molar-refractivity contribution is 7.89.